The first-order chi connectivity index (χ1) is 12.5. The van der Waals surface area contributed by atoms with Gasteiger partial charge in [0.25, 0.3) is 0 Å². The Bertz CT molecular complexity index is 1090. The van der Waals surface area contributed by atoms with Gasteiger partial charge in [-0.2, -0.15) is 5.10 Å². The van der Waals surface area contributed by atoms with Crippen molar-refractivity contribution in [3.05, 3.63) is 41.2 Å². The number of nitrogens with zero attached hydrogens (tertiary/aromatic N) is 4. The van der Waals surface area contributed by atoms with Crippen molar-refractivity contribution in [1.82, 2.24) is 19.3 Å². The summed E-state index contributed by atoms with van der Waals surface area (Å²) >= 11 is 1.47. The molecule has 0 atom stereocenters. The highest BCUT2D eigenvalue weighted by Crippen LogP contribution is 2.28. The summed E-state index contributed by atoms with van der Waals surface area (Å²) in [5.74, 6) is 0.0430. The number of hydrogen-bond donors (Lipinski definition) is 1. The highest BCUT2D eigenvalue weighted by molar-refractivity contribution is 7.89. The molecule has 1 aromatic carbocycles. The standard InChI is InChI=1S/C16H17N5O3S2/c1-20-14-4-3-13(8-11(14)2-5-15(20)22)26(23,24)19-7-6-12-9-25-16-17-10-18-21(12)16/h3-4,8-10,19H,2,5-7H2,1H3. The molecule has 4 rings (SSSR count). The second kappa shape index (κ2) is 6.45. The minimum absolute atomic E-state index is 0.0430. The topological polar surface area (TPSA) is 96.7 Å². The molecule has 10 heteroatoms. The van der Waals surface area contributed by atoms with Crippen molar-refractivity contribution in [2.45, 2.75) is 24.2 Å². The van der Waals surface area contributed by atoms with Crippen LogP contribution in [0.3, 0.4) is 0 Å². The molecule has 26 heavy (non-hydrogen) atoms. The summed E-state index contributed by atoms with van der Waals surface area (Å²) < 4.78 is 29.5. The molecule has 3 aromatic rings. The lowest BCUT2D eigenvalue weighted by Crippen LogP contribution is -2.31. The quantitative estimate of drug-likeness (QED) is 0.705. The number of amides is 1. The molecule has 3 heterocycles. The number of benzene rings is 1. The van der Waals surface area contributed by atoms with E-state index in [1.54, 1.807) is 28.6 Å². The van der Waals surface area contributed by atoms with E-state index in [0.29, 0.717) is 19.3 Å². The van der Waals surface area contributed by atoms with Crippen LogP contribution in [0.1, 0.15) is 17.7 Å². The van der Waals surface area contributed by atoms with Crippen LogP contribution in [-0.4, -0.2) is 42.5 Å². The minimum Gasteiger partial charge on any atom is -0.315 e. The van der Waals surface area contributed by atoms with E-state index in [-0.39, 0.29) is 17.3 Å². The summed E-state index contributed by atoms with van der Waals surface area (Å²) in [5, 5.41) is 6.05. The van der Waals surface area contributed by atoms with Crippen LogP contribution in [0, 0.1) is 0 Å². The third kappa shape index (κ3) is 3.00. The number of nitrogens with one attached hydrogen (secondary N) is 1. The van der Waals surface area contributed by atoms with E-state index in [9.17, 15) is 13.2 Å². The minimum atomic E-state index is -3.61. The van der Waals surface area contributed by atoms with Gasteiger partial charge >= 0.3 is 0 Å². The van der Waals surface area contributed by atoms with Gasteiger partial charge in [-0.1, -0.05) is 0 Å². The molecule has 1 aliphatic heterocycles. The summed E-state index contributed by atoms with van der Waals surface area (Å²) in [7, 11) is -1.91. The molecule has 0 bridgehead atoms. The fraction of sp³-hybridized carbons (Fsp3) is 0.312. The van der Waals surface area contributed by atoms with Crippen LogP contribution in [0.25, 0.3) is 4.96 Å². The molecule has 0 radical (unpaired) electrons. The second-order valence-electron chi connectivity index (χ2n) is 6.07. The molecule has 8 nitrogen and oxygen atoms in total. The van der Waals surface area contributed by atoms with Crippen molar-refractivity contribution in [2.24, 2.45) is 0 Å². The van der Waals surface area contributed by atoms with Crippen molar-refractivity contribution >= 4 is 37.9 Å². The van der Waals surface area contributed by atoms with Gasteiger partial charge in [0.1, 0.15) is 6.33 Å². The van der Waals surface area contributed by atoms with E-state index in [1.807, 2.05) is 5.38 Å². The molecular weight excluding hydrogens is 374 g/mol. The fourth-order valence-corrected chi connectivity index (χ4v) is 4.95. The van der Waals surface area contributed by atoms with Crippen LogP contribution >= 0.6 is 11.3 Å². The lowest BCUT2D eigenvalue weighted by molar-refractivity contribution is -0.118. The smallest absolute Gasteiger partial charge is 0.240 e. The molecule has 0 aliphatic carbocycles. The van der Waals surface area contributed by atoms with Gasteiger partial charge in [-0.3, -0.25) is 4.79 Å². The van der Waals surface area contributed by atoms with Crippen molar-refractivity contribution in [1.29, 1.82) is 0 Å². The zero-order valence-corrected chi connectivity index (χ0v) is 15.7. The Labute approximate surface area is 154 Å². The van der Waals surface area contributed by atoms with Crippen LogP contribution in [0.4, 0.5) is 5.69 Å². The van der Waals surface area contributed by atoms with Crippen molar-refractivity contribution < 1.29 is 13.2 Å². The number of thiazole rings is 1. The van der Waals surface area contributed by atoms with E-state index in [1.165, 1.54) is 23.7 Å². The number of fused-ring (bicyclic) bond motifs is 2. The zero-order chi connectivity index (χ0) is 18.3. The molecule has 0 saturated carbocycles. The van der Waals surface area contributed by atoms with Crippen molar-refractivity contribution in [3.63, 3.8) is 0 Å². The predicted octanol–water partition coefficient (Wildman–Crippen LogP) is 1.22. The Morgan fingerprint density at radius 2 is 2.15 bits per heavy atom. The average Bonchev–Trinajstić information content (AvgIpc) is 3.23. The SMILES string of the molecule is CN1C(=O)CCc2cc(S(=O)(=O)NCCc3csc4ncnn34)ccc21. The molecular formula is C16H17N5O3S2. The maximum atomic E-state index is 12.6. The van der Waals surface area contributed by atoms with E-state index in [4.69, 9.17) is 0 Å². The largest absolute Gasteiger partial charge is 0.315 e. The maximum Gasteiger partial charge on any atom is 0.240 e. The summed E-state index contributed by atoms with van der Waals surface area (Å²) in [6.45, 7) is 0.267. The lowest BCUT2D eigenvalue weighted by Gasteiger charge is -2.26. The van der Waals surface area contributed by atoms with Gasteiger partial charge in [0, 0.05) is 37.5 Å². The lowest BCUT2D eigenvalue weighted by atomic mass is 10.0. The first-order valence-electron chi connectivity index (χ1n) is 8.11. The number of carbonyl (C=O) groups is 1. The Morgan fingerprint density at radius 1 is 1.31 bits per heavy atom. The molecule has 2 aromatic heterocycles. The van der Waals surface area contributed by atoms with Crippen molar-refractivity contribution in [3.8, 4) is 0 Å². The first kappa shape index (κ1) is 17.1. The van der Waals surface area contributed by atoms with E-state index >= 15 is 0 Å². The predicted molar refractivity (Wildman–Crippen MR) is 97.9 cm³/mol. The third-order valence-corrected chi connectivity index (χ3v) is 6.80. The summed E-state index contributed by atoms with van der Waals surface area (Å²) in [4.78, 5) is 18.4. The molecule has 0 saturated heterocycles. The molecule has 1 amide bonds. The Hall–Kier alpha value is -2.30. The number of anilines is 1. The van der Waals surface area contributed by atoms with Crippen molar-refractivity contribution in [2.75, 3.05) is 18.5 Å². The van der Waals surface area contributed by atoms with Crippen LogP contribution < -0.4 is 9.62 Å². The Kier molecular flexibility index (Phi) is 4.25. The third-order valence-electron chi connectivity index (χ3n) is 4.47. The van der Waals surface area contributed by atoms with Gasteiger partial charge in [0.05, 0.1) is 10.6 Å². The van der Waals surface area contributed by atoms with E-state index in [0.717, 1.165) is 21.9 Å². The zero-order valence-electron chi connectivity index (χ0n) is 14.0. The number of rotatable bonds is 5. The molecule has 1 N–H and O–H groups in total. The van der Waals surface area contributed by atoms with Gasteiger partial charge in [-0.25, -0.2) is 22.6 Å². The first-order valence-corrected chi connectivity index (χ1v) is 10.5. The molecule has 1 aliphatic rings. The molecule has 0 unspecified atom stereocenters. The van der Waals surface area contributed by atoms with Crippen LogP contribution in [0.5, 0.6) is 0 Å². The number of sulfonamides is 1. The highest BCUT2D eigenvalue weighted by Gasteiger charge is 2.23. The molecule has 0 spiro atoms. The van der Waals surface area contributed by atoms with Crippen LogP contribution in [0.15, 0.2) is 34.8 Å². The van der Waals surface area contributed by atoms with Crippen LogP contribution in [0.2, 0.25) is 0 Å². The maximum absolute atomic E-state index is 12.6. The Morgan fingerprint density at radius 3 is 3.00 bits per heavy atom. The monoisotopic (exact) mass is 391 g/mol. The fourth-order valence-electron chi connectivity index (χ4n) is 3.04. The summed E-state index contributed by atoms with van der Waals surface area (Å²) in [6, 6.07) is 4.89. The molecule has 0 fully saturated rings. The van der Waals surface area contributed by atoms with Gasteiger partial charge in [0.15, 0.2) is 0 Å². The van der Waals surface area contributed by atoms with E-state index < -0.39 is 10.0 Å². The number of carbonyl (C=O) groups excluding carboxylic acids is 1. The average molecular weight is 391 g/mol. The molecule has 136 valence electrons. The normalized spacial score (nSPS) is 14.8. The number of aryl methyl sites for hydroxylation is 1. The van der Waals surface area contributed by atoms with Gasteiger partial charge in [0.2, 0.25) is 20.9 Å². The van der Waals surface area contributed by atoms with Gasteiger partial charge in [-0.05, 0) is 30.2 Å². The van der Waals surface area contributed by atoms with Crippen LogP contribution in [-0.2, 0) is 27.7 Å². The summed E-state index contributed by atoms with van der Waals surface area (Å²) in [5.41, 5.74) is 2.56. The van der Waals surface area contributed by atoms with Gasteiger partial charge < -0.3 is 4.90 Å². The van der Waals surface area contributed by atoms with Gasteiger partial charge in [-0.15, -0.1) is 11.3 Å². The Balaban J connectivity index is 1.48. The second-order valence-corrected chi connectivity index (χ2v) is 8.68. The van der Waals surface area contributed by atoms with E-state index in [2.05, 4.69) is 14.8 Å². The number of aromatic nitrogens is 3. The number of hydrogen-bond acceptors (Lipinski definition) is 6. The highest BCUT2D eigenvalue weighted by atomic mass is 32.2. The summed E-state index contributed by atoms with van der Waals surface area (Å²) in [6.07, 6.45) is 2.95.